The highest BCUT2D eigenvalue weighted by atomic mass is 35.5. The van der Waals surface area contributed by atoms with Crippen LogP contribution in [0.4, 0.5) is 0 Å². The molecule has 0 spiro atoms. The first-order valence-electron chi connectivity index (χ1n) is 9.56. The molecule has 0 aliphatic carbocycles. The Bertz CT molecular complexity index is 660. The number of nitrogens with one attached hydrogen (secondary N) is 1. The van der Waals surface area contributed by atoms with E-state index >= 15 is 0 Å². The lowest BCUT2D eigenvalue weighted by atomic mass is 10.2. The largest absolute Gasteiger partial charge is 0.490 e. The first kappa shape index (κ1) is 20.6. The molecule has 0 bridgehead atoms. The summed E-state index contributed by atoms with van der Waals surface area (Å²) in [6.07, 6.45) is 5.11. The Kier molecular flexibility index (Phi) is 9.36. The lowest BCUT2D eigenvalue weighted by molar-refractivity contribution is 0.269. The average Bonchev–Trinajstić information content (AvgIpc) is 2.64. The summed E-state index contributed by atoms with van der Waals surface area (Å²) in [5.41, 5.74) is 2.25. The van der Waals surface area contributed by atoms with E-state index in [2.05, 4.69) is 24.4 Å². The first-order chi connectivity index (χ1) is 12.7. The van der Waals surface area contributed by atoms with E-state index in [4.69, 9.17) is 21.1 Å². The number of ether oxygens (including phenoxy) is 2. The second-order valence-electron chi connectivity index (χ2n) is 6.37. The van der Waals surface area contributed by atoms with Crippen LogP contribution in [0.5, 0.6) is 11.5 Å². The summed E-state index contributed by atoms with van der Waals surface area (Å²) in [6.45, 7) is 7.20. The van der Waals surface area contributed by atoms with Crippen LogP contribution in [0.15, 0.2) is 42.5 Å². The van der Waals surface area contributed by atoms with Crippen molar-refractivity contribution in [2.75, 3.05) is 13.2 Å². The van der Waals surface area contributed by atoms with Crippen LogP contribution in [0, 0.1) is 0 Å². The zero-order chi connectivity index (χ0) is 18.6. The number of benzene rings is 2. The van der Waals surface area contributed by atoms with Crippen LogP contribution in [0.25, 0.3) is 0 Å². The Morgan fingerprint density at radius 2 is 1.77 bits per heavy atom. The Morgan fingerprint density at radius 1 is 0.885 bits per heavy atom. The quantitative estimate of drug-likeness (QED) is 0.462. The predicted molar refractivity (Wildman–Crippen MR) is 109 cm³/mol. The summed E-state index contributed by atoms with van der Waals surface area (Å²) in [5, 5.41) is 4.22. The van der Waals surface area contributed by atoms with Crippen LogP contribution in [0.2, 0.25) is 5.02 Å². The van der Waals surface area contributed by atoms with Crippen molar-refractivity contribution in [3.8, 4) is 11.5 Å². The highest BCUT2D eigenvalue weighted by molar-refractivity contribution is 6.30. The van der Waals surface area contributed by atoms with E-state index in [0.717, 1.165) is 35.2 Å². The van der Waals surface area contributed by atoms with Gasteiger partial charge >= 0.3 is 0 Å². The van der Waals surface area contributed by atoms with Crippen molar-refractivity contribution in [2.45, 2.75) is 52.7 Å². The van der Waals surface area contributed by atoms with E-state index in [1.165, 1.54) is 31.2 Å². The molecule has 0 aliphatic rings. The second kappa shape index (κ2) is 11.8. The fraction of sp³-hybridized carbons (Fsp3) is 0.455. The van der Waals surface area contributed by atoms with Crippen LogP contribution >= 0.6 is 11.6 Å². The van der Waals surface area contributed by atoms with E-state index in [1.807, 2.05) is 37.3 Å². The third-order valence-electron chi connectivity index (χ3n) is 4.13. The summed E-state index contributed by atoms with van der Waals surface area (Å²) in [4.78, 5) is 0. The number of halogens is 1. The minimum Gasteiger partial charge on any atom is -0.490 e. The molecule has 0 amide bonds. The highest BCUT2D eigenvalue weighted by Gasteiger charge is 2.07. The molecular weight excluding hydrogens is 346 g/mol. The Hall–Kier alpha value is -1.71. The molecule has 0 saturated heterocycles. The van der Waals surface area contributed by atoms with Gasteiger partial charge in [-0.15, -0.1) is 0 Å². The van der Waals surface area contributed by atoms with Gasteiger partial charge in [0.2, 0.25) is 0 Å². The van der Waals surface area contributed by atoms with Gasteiger partial charge in [0.05, 0.1) is 6.61 Å². The predicted octanol–water partition coefficient (Wildman–Crippen LogP) is 5.99. The molecule has 2 rings (SSSR count). The van der Waals surface area contributed by atoms with Gasteiger partial charge in [0, 0.05) is 11.6 Å². The van der Waals surface area contributed by atoms with Gasteiger partial charge in [-0.2, -0.15) is 0 Å². The van der Waals surface area contributed by atoms with Crippen LogP contribution in [-0.2, 0) is 13.2 Å². The van der Waals surface area contributed by atoms with Crippen LogP contribution in [0.3, 0.4) is 0 Å². The van der Waals surface area contributed by atoms with Gasteiger partial charge < -0.3 is 14.8 Å². The topological polar surface area (TPSA) is 30.5 Å². The average molecular weight is 376 g/mol. The minimum atomic E-state index is 0.468. The molecule has 0 fully saturated rings. The molecule has 4 heteroatoms. The smallest absolute Gasteiger partial charge is 0.161 e. The zero-order valence-corrected chi connectivity index (χ0v) is 16.6. The molecule has 0 atom stereocenters. The molecule has 0 heterocycles. The molecule has 1 N–H and O–H groups in total. The lowest BCUT2D eigenvalue weighted by Gasteiger charge is -2.14. The van der Waals surface area contributed by atoms with E-state index in [1.54, 1.807) is 0 Å². The number of hydrogen-bond acceptors (Lipinski definition) is 3. The van der Waals surface area contributed by atoms with Crippen molar-refractivity contribution in [3.63, 3.8) is 0 Å². The van der Waals surface area contributed by atoms with Crippen molar-refractivity contribution in [1.29, 1.82) is 0 Å². The third kappa shape index (κ3) is 7.27. The van der Waals surface area contributed by atoms with Crippen molar-refractivity contribution >= 4 is 11.6 Å². The Morgan fingerprint density at radius 3 is 2.54 bits per heavy atom. The zero-order valence-electron chi connectivity index (χ0n) is 15.9. The summed E-state index contributed by atoms with van der Waals surface area (Å²) >= 11 is 6.03. The van der Waals surface area contributed by atoms with Gasteiger partial charge in [-0.3, -0.25) is 0 Å². The summed E-state index contributed by atoms with van der Waals surface area (Å²) in [7, 11) is 0. The van der Waals surface area contributed by atoms with E-state index < -0.39 is 0 Å². The maximum absolute atomic E-state index is 6.03. The molecule has 0 aromatic heterocycles. The monoisotopic (exact) mass is 375 g/mol. The van der Waals surface area contributed by atoms with E-state index in [0.29, 0.717) is 13.2 Å². The molecule has 2 aromatic carbocycles. The molecule has 26 heavy (non-hydrogen) atoms. The Balaban J connectivity index is 1.90. The fourth-order valence-electron chi connectivity index (χ4n) is 2.75. The van der Waals surface area contributed by atoms with Gasteiger partial charge in [0.25, 0.3) is 0 Å². The van der Waals surface area contributed by atoms with Crippen LogP contribution in [0.1, 0.15) is 50.7 Å². The number of unbranched alkanes of at least 4 members (excludes halogenated alkanes) is 3. The molecule has 142 valence electrons. The van der Waals surface area contributed by atoms with E-state index in [-0.39, 0.29) is 0 Å². The van der Waals surface area contributed by atoms with Gasteiger partial charge in [0.1, 0.15) is 6.61 Å². The normalized spacial score (nSPS) is 10.7. The third-order valence-corrected chi connectivity index (χ3v) is 4.36. The molecule has 0 saturated carbocycles. The van der Waals surface area contributed by atoms with Crippen molar-refractivity contribution in [2.24, 2.45) is 0 Å². The van der Waals surface area contributed by atoms with Gasteiger partial charge in [-0.05, 0) is 55.3 Å². The molecular formula is C22H30ClNO2. The standard InChI is InChI=1S/C22H30ClNO2/c1-3-5-6-7-13-24-16-18-11-12-21(22(15-18)25-4-2)26-17-19-9-8-10-20(23)14-19/h8-12,14-15,24H,3-7,13,16-17H2,1-2H3. The lowest BCUT2D eigenvalue weighted by Crippen LogP contribution is -2.14. The summed E-state index contributed by atoms with van der Waals surface area (Å²) < 4.78 is 11.7. The first-order valence-corrected chi connectivity index (χ1v) is 9.94. The van der Waals surface area contributed by atoms with Gasteiger partial charge in [0.15, 0.2) is 11.5 Å². The maximum atomic E-state index is 6.03. The number of hydrogen-bond donors (Lipinski definition) is 1. The maximum Gasteiger partial charge on any atom is 0.161 e. The SMILES string of the molecule is CCCCCCNCc1ccc(OCc2cccc(Cl)c2)c(OCC)c1. The molecule has 3 nitrogen and oxygen atoms in total. The summed E-state index contributed by atoms with van der Waals surface area (Å²) in [6, 6.07) is 13.9. The minimum absolute atomic E-state index is 0.468. The molecule has 0 unspecified atom stereocenters. The van der Waals surface area contributed by atoms with Crippen LogP contribution in [-0.4, -0.2) is 13.2 Å². The van der Waals surface area contributed by atoms with Gasteiger partial charge in [-0.25, -0.2) is 0 Å². The fourth-order valence-corrected chi connectivity index (χ4v) is 2.96. The Labute approximate surface area is 162 Å². The molecule has 2 aromatic rings. The van der Waals surface area contributed by atoms with Crippen molar-refractivity contribution in [3.05, 3.63) is 58.6 Å². The number of rotatable bonds is 12. The summed E-state index contributed by atoms with van der Waals surface area (Å²) in [5.74, 6) is 1.55. The second-order valence-corrected chi connectivity index (χ2v) is 6.81. The van der Waals surface area contributed by atoms with Crippen molar-refractivity contribution in [1.82, 2.24) is 5.32 Å². The van der Waals surface area contributed by atoms with Crippen molar-refractivity contribution < 1.29 is 9.47 Å². The van der Waals surface area contributed by atoms with Crippen LogP contribution < -0.4 is 14.8 Å². The van der Waals surface area contributed by atoms with Gasteiger partial charge in [-0.1, -0.05) is 56.0 Å². The molecule has 0 aliphatic heterocycles. The molecule has 0 radical (unpaired) electrons. The highest BCUT2D eigenvalue weighted by Crippen LogP contribution is 2.29. The van der Waals surface area contributed by atoms with E-state index in [9.17, 15) is 0 Å².